The van der Waals surface area contributed by atoms with Gasteiger partial charge in [0.25, 0.3) is 0 Å². The molecular formula is C19H21N3O. The first-order valence-electron chi connectivity index (χ1n) is 7.60. The van der Waals surface area contributed by atoms with E-state index in [0.717, 1.165) is 27.9 Å². The van der Waals surface area contributed by atoms with E-state index in [1.807, 2.05) is 12.1 Å². The highest BCUT2D eigenvalue weighted by Crippen LogP contribution is 2.30. The summed E-state index contributed by atoms with van der Waals surface area (Å²) in [4.78, 5) is 4.07. The van der Waals surface area contributed by atoms with Crippen LogP contribution in [-0.4, -0.2) is 20.7 Å². The molecular weight excluding hydrogens is 286 g/mol. The number of nitrogens with zero attached hydrogens (tertiary/aromatic N) is 2. The number of fused-ring (bicyclic) bond motifs is 1. The lowest BCUT2D eigenvalue weighted by molar-refractivity contribution is 0.368. The Bertz CT molecular complexity index is 865. The maximum Gasteiger partial charge on any atom is 0.102 e. The van der Waals surface area contributed by atoms with E-state index >= 15 is 0 Å². The van der Waals surface area contributed by atoms with Crippen LogP contribution in [0.5, 0.6) is 0 Å². The zero-order valence-corrected chi connectivity index (χ0v) is 13.5. The molecule has 1 aromatic carbocycles. The molecule has 0 radical (unpaired) electrons. The van der Waals surface area contributed by atoms with Crippen molar-refractivity contribution < 1.29 is 5.11 Å². The van der Waals surface area contributed by atoms with E-state index in [9.17, 15) is 5.11 Å². The van der Waals surface area contributed by atoms with Crippen molar-refractivity contribution in [3.63, 3.8) is 0 Å². The van der Waals surface area contributed by atoms with Gasteiger partial charge in [0.05, 0.1) is 6.04 Å². The molecule has 0 aliphatic heterocycles. The monoisotopic (exact) mass is 307 g/mol. The molecule has 0 saturated heterocycles. The van der Waals surface area contributed by atoms with Crippen LogP contribution in [0.2, 0.25) is 0 Å². The maximum absolute atomic E-state index is 9.51. The van der Waals surface area contributed by atoms with Gasteiger partial charge in [-0.05, 0) is 48.2 Å². The van der Waals surface area contributed by atoms with Gasteiger partial charge in [-0.3, -0.25) is 4.98 Å². The quantitative estimate of drug-likeness (QED) is 0.725. The van der Waals surface area contributed by atoms with Crippen LogP contribution < -0.4 is 5.73 Å². The smallest absolute Gasteiger partial charge is 0.102 e. The van der Waals surface area contributed by atoms with E-state index in [-0.39, 0.29) is 5.76 Å². The lowest BCUT2D eigenvalue weighted by atomic mass is 10.00. The van der Waals surface area contributed by atoms with Crippen molar-refractivity contribution in [2.75, 3.05) is 0 Å². The predicted molar refractivity (Wildman–Crippen MR) is 94.3 cm³/mol. The molecule has 1 unspecified atom stereocenters. The first-order valence-corrected chi connectivity index (χ1v) is 7.60. The van der Waals surface area contributed by atoms with E-state index in [1.165, 1.54) is 5.39 Å². The normalized spacial score (nSPS) is 12.5. The van der Waals surface area contributed by atoms with Crippen molar-refractivity contribution in [2.24, 2.45) is 12.8 Å². The summed E-state index contributed by atoms with van der Waals surface area (Å²) in [7, 11) is 2.05. The SMILES string of the molecule is C=C(O)C(N)Cc1c(C)n(C)c2cc(-c3ccncc3)ccc12. The van der Waals surface area contributed by atoms with Crippen LogP contribution in [0.15, 0.2) is 55.1 Å². The second-order valence-electron chi connectivity index (χ2n) is 5.89. The van der Waals surface area contributed by atoms with Gasteiger partial charge in [-0.15, -0.1) is 0 Å². The average molecular weight is 307 g/mol. The minimum Gasteiger partial charge on any atom is -0.511 e. The van der Waals surface area contributed by atoms with E-state index in [4.69, 9.17) is 5.73 Å². The molecule has 2 aromatic heterocycles. The van der Waals surface area contributed by atoms with Crippen molar-refractivity contribution in [3.8, 4) is 11.1 Å². The van der Waals surface area contributed by atoms with Crippen molar-refractivity contribution in [2.45, 2.75) is 19.4 Å². The minimum absolute atomic E-state index is 0.0230. The molecule has 3 aromatic rings. The molecule has 3 rings (SSSR count). The maximum atomic E-state index is 9.51. The van der Waals surface area contributed by atoms with Crippen LogP contribution in [0.25, 0.3) is 22.0 Å². The standard InChI is InChI=1S/C19H21N3O/c1-12-17(11-18(20)13(2)23)16-5-4-15(10-19(16)22(12)3)14-6-8-21-9-7-14/h4-10,18,23H,2,11,20H2,1,3H3. The molecule has 118 valence electrons. The number of hydrogen-bond acceptors (Lipinski definition) is 3. The Hall–Kier alpha value is -2.59. The van der Waals surface area contributed by atoms with Gasteiger partial charge < -0.3 is 15.4 Å². The summed E-state index contributed by atoms with van der Waals surface area (Å²) in [6.45, 7) is 5.62. The van der Waals surface area contributed by atoms with Gasteiger partial charge in [0.15, 0.2) is 0 Å². The fourth-order valence-corrected chi connectivity index (χ4v) is 2.96. The summed E-state index contributed by atoms with van der Waals surface area (Å²) in [6, 6.07) is 9.98. The number of benzene rings is 1. The van der Waals surface area contributed by atoms with Crippen LogP contribution in [-0.2, 0) is 13.5 Å². The van der Waals surface area contributed by atoms with E-state index in [0.29, 0.717) is 6.42 Å². The van der Waals surface area contributed by atoms with E-state index in [2.05, 4.69) is 48.3 Å². The molecule has 0 fully saturated rings. The van der Waals surface area contributed by atoms with Gasteiger partial charge in [0, 0.05) is 36.0 Å². The van der Waals surface area contributed by atoms with Crippen LogP contribution in [0, 0.1) is 6.92 Å². The van der Waals surface area contributed by atoms with Crippen LogP contribution in [0.3, 0.4) is 0 Å². The molecule has 4 heteroatoms. The number of aliphatic hydroxyl groups excluding tert-OH is 1. The lowest BCUT2D eigenvalue weighted by Gasteiger charge is -2.10. The number of nitrogens with two attached hydrogens (primary N) is 1. The molecule has 0 bridgehead atoms. The molecule has 1 atom stereocenters. The van der Waals surface area contributed by atoms with Crippen LogP contribution >= 0.6 is 0 Å². The van der Waals surface area contributed by atoms with Gasteiger partial charge in [-0.25, -0.2) is 0 Å². The van der Waals surface area contributed by atoms with Gasteiger partial charge in [0.1, 0.15) is 5.76 Å². The lowest BCUT2D eigenvalue weighted by Crippen LogP contribution is -2.25. The molecule has 0 aliphatic rings. The third kappa shape index (κ3) is 2.73. The molecule has 0 amide bonds. The van der Waals surface area contributed by atoms with Crippen molar-refractivity contribution >= 4 is 10.9 Å². The Morgan fingerprint density at radius 1 is 1.26 bits per heavy atom. The zero-order chi connectivity index (χ0) is 16.6. The molecule has 4 nitrogen and oxygen atoms in total. The molecule has 0 aliphatic carbocycles. The second kappa shape index (κ2) is 5.89. The predicted octanol–water partition coefficient (Wildman–Crippen LogP) is 3.49. The van der Waals surface area contributed by atoms with Gasteiger partial charge in [-0.1, -0.05) is 18.7 Å². The van der Waals surface area contributed by atoms with E-state index < -0.39 is 6.04 Å². The number of aromatic nitrogens is 2. The molecule has 0 saturated carbocycles. The number of hydrogen-bond donors (Lipinski definition) is 2. The highest BCUT2D eigenvalue weighted by Gasteiger charge is 2.16. The number of aliphatic hydroxyl groups is 1. The summed E-state index contributed by atoms with van der Waals surface area (Å²) in [6.07, 6.45) is 4.17. The Kier molecular flexibility index (Phi) is 3.92. The van der Waals surface area contributed by atoms with Crippen molar-refractivity contribution in [1.82, 2.24) is 9.55 Å². The van der Waals surface area contributed by atoms with E-state index in [1.54, 1.807) is 12.4 Å². The molecule has 3 N–H and O–H groups in total. The minimum atomic E-state index is -0.445. The largest absolute Gasteiger partial charge is 0.511 e. The van der Waals surface area contributed by atoms with Gasteiger partial charge in [-0.2, -0.15) is 0 Å². The molecule has 23 heavy (non-hydrogen) atoms. The van der Waals surface area contributed by atoms with Crippen molar-refractivity contribution in [1.29, 1.82) is 0 Å². The Morgan fingerprint density at radius 2 is 1.96 bits per heavy atom. The number of aryl methyl sites for hydroxylation is 1. The van der Waals surface area contributed by atoms with Gasteiger partial charge >= 0.3 is 0 Å². The second-order valence-corrected chi connectivity index (χ2v) is 5.89. The van der Waals surface area contributed by atoms with Crippen LogP contribution in [0.1, 0.15) is 11.3 Å². The summed E-state index contributed by atoms with van der Waals surface area (Å²) in [5, 5.41) is 10.7. The summed E-state index contributed by atoms with van der Waals surface area (Å²) < 4.78 is 2.17. The molecule has 0 spiro atoms. The highest BCUT2D eigenvalue weighted by atomic mass is 16.3. The Labute approximate surface area is 135 Å². The van der Waals surface area contributed by atoms with Gasteiger partial charge in [0.2, 0.25) is 0 Å². The fourth-order valence-electron chi connectivity index (χ4n) is 2.96. The summed E-state index contributed by atoms with van der Waals surface area (Å²) >= 11 is 0. The zero-order valence-electron chi connectivity index (χ0n) is 13.5. The summed E-state index contributed by atoms with van der Waals surface area (Å²) in [5.41, 5.74) is 11.7. The number of pyridine rings is 1. The molecule has 2 heterocycles. The Morgan fingerprint density at radius 3 is 2.61 bits per heavy atom. The third-order valence-electron chi connectivity index (χ3n) is 4.49. The first kappa shape index (κ1) is 15.3. The van der Waals surface area contributed by atoms with Crippen LogP contribution in [0.4, 0.5) is 0 Å². The first-order chi connectivity index (χ1) is 11.0. The summed E-state index contributed by atoms with van der Waals surface area (Å²) in [5.74, 6) is 0.0230. The average Bonchev–Trinajstić information content (AvgIpc) is 2.80. The number of rotatable bonds is 4. The topological polar surface area (TPSA) is 64.1 Å². The van der Waals surface area contributed by atoms with Crippen molar-refractivity contribution in [3.05, 3.63) is 66.3 Å². The highest BCUT2D eigenvalue weighted by molar-refractivity contribution is 5.89. The fraction of sp³-hybridized carbons (Fsp3) is 0.211. The third-order valence-corrected chi connectivity index (χ3v) is 4.49. The Balaban J connectivity index is 2.11.